The fourth-order valence-electron chi connectivity index (χ4n) is 8.18. The Balaban J connectivity index is 1.58. The molecule has 422 valence electrons. The lowest BCUT2D eigenvalue weighted by atomic mass is 9.96. The van der Waals surface area contributed by atoms with Crippen molar-refractivity contribution in [3.8, 4) is 0 Å². The van der Waals surface area contributed by atoms with Gasteiger partial charge in [0, 0.05) is 6.42 Å². The van der Waals surface area contributed by atoms with Crippen LogP contribution in [0.25, 0.3) is 0 Å². The molecule has 74 heavy (non-hydrogen) atoms. The summed E-state index contributed by atoms with van der Waals surface area (Å²) in [5.74, 6) is -0.354. The maximum Gasteiger partial charge on any atom is 0.220 e. The van der Waals surface area contributed by atoms with Gasteiger partial charge in [0.15, 0.2) is 18.9 Å². The Bertz CT molecular complexity index is 1730. The Morgan fingerprint density at radius 3 is 1.43 bits per heavy atom. The highest BCUT2D eigenvalue weighted by molar-refractivity contribution is 5.76. The second-order valence-electron chi connectivity index (χ2n) is 18.6. The van der Waals surface area contributed by atoms with Crippen LogP contribution in [0.4, 0.5) is 0 Å². The predicted molar refractivity (Wildman–Crippen MR) is 277 cm³/mol. The summed E-state index contributed by atoms with van der Waals surface area (Å²) in [6.45, 7) is 1.42. The molecule has 0 aromatic heterocycles. The average Bonchev–Trinajstić information content (AvgIpc) is 3.40. The van der Waals surface area contributed by atoms with E-state index in [0.29, 0.717) is 19.3 Å². The lowest BCUT2D eigenvalue weighted by molar-refractivity contribution is -0.379. The van der Waals surface area contributed by atoms with E-state index in [1.165, 1.54) is 12.8 Å². The number of amides is 1. The van der Waals surface area contributed by atoms with Crippen LogP contribution in [0.5, 0.6) is 0 Å². The van der Waals surface area contributed by atoms with Gasteiger partial charge in [-0.15, -0.1) is 0 Å². The number of rotatable bonds is 35. The molecule has 3 heterocycles. The van der Waals surface area contributed by atoms with E-state index in [0.717, 1.165) is 57.8 Å². The molecule has 0 saturated carbocycles. The molecule has 0 aromatic carbocycles. The molecule has 19 heteroatoms. The number of unbranched alkanes of at least 4 members (excludes halogenated alkanes) is 5. The maximum atomic E-state index is 13.2. The molecule has 0 bridgehead atoms. The van der Waals surface area contributed by atoms with Crippen LogP contribution >= 0.6 is 0 Å². The molecule has 3 aliphatic rings. The van der Waals surface area contributed by atoms with Gasteiger partial charge >= 0.3 is 0 Å². The van der Waals surface area contributed by atoms with Gasteiger partial charge in [0.05, 0.1) is 38.6 Å². The van der Waals surface area contributed by atoms with Crippen molar-refractivity contribution >= 4 is 5.91 Å². The molecule has 3 aliphatic heterocycles. The van der Waals surface area contributed by atoms with Crippen LogP contribution in [-0.2, 0) is 33.2 Å². The summed E-state index contributed by atoms with van der Waals surface area (Å²) >= 11 is 0. The van der Waals surface area contributed by atoms with Gasteiger partial charge in [-0.3, -0.25) is 4.79 Å². The van der Waals surface area contributed by atoms with Gasteiger partial charge < -0.3 is 89.9 Å². The molecule has 3 saturated heterocycles. The first-order chi connectivity index (χ1) is 35.8. The minimum Gasteiger partial charge on any atom is -0.394 e. The van der Waals surface area contributed by atoms with E-state index >= 15 is 0 Å². The number of aliphatic hydroxyl groups excluding tert-OH is 11. The van der Waals surface area contributed by atoms with E-state index in [1.807, 2.05) is 12.2 Å². The zero-order valence-corrected chi connectivity index (χ0v) is 43.3. The van der Waals surface area contributed by atoms with Gasteiger partial charge in [0.2, 0.25) is 5.91 Å². The zero-order chi connectivity index (χ0) is 54.1. The molecular formula is C55H89NO18. The lowest BCUT2D eigenvalue weighted by Gasteiger charge is -2.48. The van der Waals surface area contributed by atoms with Crippen molar-refractivity contribution < 1.29 is 89.4 Å². The Hall–Kier alpha value is -3.29. The highest BCUT2D eigenvalue weighted by atomic mass is 16.8. The minimum atomic E-state index is -1.99. The van der Waals surface area contributed by atoms with E-state index in [2.05, 4.69) is 92.1 Å². The molecule has 19 nitrogen and oxygen atoms in total. The first kappa shape index (κ1) is 65.0. The Morgan fingerprint density at radius 2 is 0.919 bits per heavy atom. The summed E-state index contributed by atoms with van der Waals surface area (Å²) in [5.41, 5.74) is 0. The van der Waals surface area contributed by atoms with Gasteiger partial charge in [-0.05, 0) is 77.0 Å². The highest BCUT2D eigenvalue weighted by Gasteiger charge is 2.53. The third-order valence-electron chi connectivity index (χ3n) is 12.6. The molecule has 17 atom stereocenters. The Morgan fingerprint density at radius 1 is 0.500 bits per heavy atom. The highest BCUT2D eigenvalue weighted by Crippen LogP contribution is 2.33. The predicted octanol–water partition coefficient (Wildman–Crippen LogP) is 2.64. The maximum absolute atomic E-state index is 13.2. The van der Waals surface area contributed by atoms with E-state index in [9.17, 15) is 61.0 Å². The van der Waals surface area contributed by atoms with Crippen molar-refractivity contribution in [2.24, 2.45) is 0 Å². The SMILES string of the molecule is CC/C=C\C/C=C\C/C=C\C/C=C\C/C=C\CCCC(=O)NC(COC1OC(CO)C(OC2OC(CO)C(OC3OC(CO)C(O)C(O)C3O)C(O)C2O)C(O)C1O)C(O)/C=C/CC/C=C/CC/C=C/CCCC. The largest absolute Gasteiger partial charge is 0.394 e. The number of ether oxygens (including phenoxy) is 6. The molecule has 12 N–H and O–H groups in total. The topological polar surface area (TPSA) is 307 Å². The summed E-state index contributed by atoms with van der Waals surface area (Å²) in [4.78, 5) is 13.2. The Kier molecular flexibility index (Phi) is 33.6. The molecule has 0 aliphatic carbocycles. The van der Waals surface area contributed by atoms with Crippen molar-refractivity contribution in [3.63, 3.8) is 0 Å². The molecule has 0 spiro atoms. The fraction of sp³-hybridized carbons (Fsp3) is 0.691. The average molecular weight is 1050 g/mol. The van der Waals surface area contributed by atoms with Crippen LogP contribution < -0.4 is 5.32 Å². The van der Waals surface area contributed by atoms with Crippen molar-refractivity contribution in [2.45, 2.75) is 214 Å². The van der Waals surface area contributed by atoms with Gasteiger partial charge in [0.25, 0.3) is 0 Å². The van der Waals surface area contributed by atoms with Crippen LogP contribution in [0.2, 0.25) is 0 Å². The van der Waals surface area contributed by atoms with Crippen LogP contribution in [0.3, 0.4) is 0 Å². The number of allylic oxidation sites excluding steroid dienone is 15. The molecule has 0 aromatic rings. The number of nitrogens with one attached hydrogen (secondary N) is 1. The van der Waals surface area contributed by atoms with Gasteiger partial charge in [0.1, 0.15) is 73.2 Å². The van der Waals surface area contributed by atoms with Crippen molar-refractivity contribution in [1.29, 1.82) is 0 Å². The normalized spacial score (nSPS) is 32.3. The van der Waals surface area contributed by atoms with Crippen LogP contribution in [0.1, 0.15) is 110 Å². The quantitative estimate of drug-likeness (QED) is 0.0321. The second-order valence-corrected chi connectivity index (χ2v) is 18.6. The van der Waals surface area contributed by atoms with E-state index in [-0.39, 0.29) is 12.3 Å². The fourth-order valence-corrected chi connectivity index (χ4v) is 8.18. The van der Waals surface area contributed by atoms with Crippen LogP contribution in [0, 0.1) is 0 Å². The van der Waals surface area contributed by atoms with Crippen LogP contribution in [0.15, 0.2) is 97.2 Å². The molecular weight excluding hydrogens is 963 g/mol. The summed E-state index contributed by atoms with van der Waals surface area (Å²) in [6, 6.07) is -1.03. The summed E-state index contributed by atoms with van der Waals surface area (Å²) < 4.78 is 34.0. The van der Waals surface area contributed by atoms with Gasteiger partial charge in [-0.2, -0.15) is 0 Å². The number of carbonyl (C=O) groups is 1. The zero-order valence-electron chi connectivity index (χ0n) is 43.3. The molecule has 3 fully saturated rings. The van der Waals surface area contributed by atoms with Crippen molar-refractivity contribution in [3.05, 3.63) is 97.2 Å². The smallest absolute Gasteiger partial charge is 0.220 e. The van der Waals surface area contributed by atoms with Crippen molar-refractivity contribution in [2.75, 3.05) is 26.4 Å². The number of carbonyl (C=O) groups excluding carboxylic acids is 1. The third-order valence-corrected chi connectivity index (χ3v) is 12.6. The molecule has 17 unspecified atom stereocenters. The molecule has 1 amide bonds. The van der Waals surface area contributed by atoms with Gasteiger partial charge in [-0.25, -0.2) is 0 Å². The first-order valence-corrected chi connectivity index (χ1v) is 26.5. The van der Waals surface area contributed by atoms with E-state index in [4.69, 9.17) is 28.4 Å². The summed E-state index contributed by atoms with van der Waals surface area (Å²) in [6.07, 6.45) is 18.5. The standard InChI is InChI=1S/C55H89NO18/c1-3-5-7-9-11-13-15-17-18-19-20-21-23-25-27-29-31-33-43(61)56-38(39(60)32-30-28-26-24-22-16-14-12-10-8-6-4-2)37-69-53-49(67)46(64)51(41(35-58)71-53)74-55-50(68)47(65)52(42(36-59)72-55)73-54-48(66)45(63)44(62)40(34-57)70-54/h5,7,10-13,17-18,20-22,24-25,27,30,32,38-42,44-55,57-60,62-68H,3-4,6,8-9,14-16,19,23,26,28-29,31,33-37H2,1-2H3,(H,56,61)/b7-5-,12-10+,13-11-,18-17-,21-20-,24-22+,27-25-,32-30+. The Labute approximate surface area is 437 Å². The lowest BCUT2D eigenvalue weighted by Crippen LogP contribution is -2.66. The van der Waals surface area contributed by atoms with Crippen molar-refractivity contribution in [1.82, 2.24) is 5.32 Å². The third kappa shape index (κ3) is 23.1. The molecule has 0 radical (unpaired) electrons. The number of hydrogen-bond donors (Lipinski definition) is 12. The second kappa shape index (κ2) is 38.3. The monoisotopic (exact) mass is 1050 g/mol. The van der Waals surface area contributed by atoms with Gasteiger partial charge in [-0.1, -0.05) is 124 Å². The number of hydrogen-bond acceptors (Lipinski definition) is 18. The summed E-state index contributed by atoms with van der Waals surface area (Å²) in [7, 11) is 0. The van der Waals surface area contributed by atoms with E-state index in [1.54, 1.807) is 12.2 Å². The van der Waals surface area contributed by atoms with E-state index < -0.39 is 131 Å². The minimum absolute atomic E-state index is 0.147. The number of aliphatic hydroxyl groups is 11. The first-order valence-electron chi connectivity index (χ1n) is 26.5. The molecule has 3 rings (SSSR count). The summed E-state index contributed by atoms with van der Waals surface area (Å²) in [5, 5.41) is 120. The van der Waals surface area contributed by atoms with Crippen LogP contribution in [-0.4, -0.2) is 193 Å².